The lowest BCUT2D eigenvalue weighted by Gasteiger charge is -2.09. The van der Waals surface area contributed by atoms with Crippen LogP contribution in [0.15, 0.2) is 60.9 Å². The van der Waals surface area contributed by atoms with Gasteiger partial charge in [0.25, 0.3) is 5.91 Å². The van der Waals surface area contributed by atoms with Gasteiger partial charge in [-0.25, -0.2) is 0 Å². The third-order valence-corrected chi connectivity index (χ3v) is 3.94. The van der Waals surface area contributed by atoms with Crippen molar-refractivity contribution in [1.82, 2.24) is 9.78 Å². The van der Waals surface area contributed by atoms with E-state index in [0.29, 0.717) is 12.1 Å². The van der Waals surface area contributed by atoms with Crippen molar-refractivity contribution in [3.63, 3.8) is 0 Å². The van der Waals surface area contributed by atoms with E-state index < -0.39 is 0 Å². The van der Waals surface area contributed by atoms with Crippen LogP contribution in [0.1, 0.15) is 27.0 Å². The van der Waals surface area contributed by atoms with Crippen molar-refractivity contribution < 1.29 is 4.79 Å². The topological polar surface area (TPSA) is 46.9 Å². The zero-order valence-electron chi connectivity index (χ0n) is 13.3. The Kier molecular flexibility index (Phi) is 4.24. The fourth-order valence-electron chi connectivity index (χ4n) is 2.42. The molecule has 0 spiro atoms. The number of rotatable bonds is 4. The summed E-state index contributed by atoms with van der Waals surface area (Å²) in [7, 11) is 0. The van der Waals surface area contributed by atoms with Gasteiger partial charge in [0.2, 0.25) is 0 Å². The maximum absolute atomic E-state index is 12.4. The van der Waals surface area contributed by atoms with E-state index >= 15 is 0 Å². The van der Waals surface area contributed by atoms with Crippen LogP contribution in [0.2, 0.25) is 0 Å². The fourth-order valence-corrected chi connectivity index (χ4v) is 2.42. The second kappa shape index (κ2) is 6.48. The van der Waals surface area contributed by atoms with Gasteiger partial charge in [0, 0.05) is 11.9 Å². The lowest BCUT2D eigenvalue weighted by Crippen LogP contribution is -2.12. The second-order valence-electron chi connectivity index (χ2n) is 5.61. The Morgan fingerprint density at radius 3 is 2.65 bits per heavy atom. The summed E-state index contributed by atoms with van der Waals surface area (Å²) in [4.78, 5) is 12.4. The minimum atomic E-state index is -0.141. The molecule has 0 bridgehead atoms. The van der Waals surface area contributed by atoms with Gasteiger partial charge in [-0.1, -0.05) is 42.5 Å². The number of carbonyl (C=O) groups is 1. The van der Waals surface area contributed by atoms with Crippen LogP contribution in [0.3, 0.4) is 0 Å². The first-order valence-corrected chi connectivity index (χ1v) is 7.57. The predicted octanol–water partition coefficient (Wildman–Crippen LogP) is 3.80. The molecule has 0 aliphatic rings. The summed E-state index contributed by atoms with van der Waals surface area (Å²) in [6.07, 6.45) is 3.37. The highest BCUT2D eigenvalue weighted by molar-refractivity contribution is 6.04. The minimum absolute atomic E-state index is 0.141. The van der Waals surface area contributed by atoms with Crippen LogP contribution in [-0.2, 0) is 6.54 Å². The SMILES string of the molecule is Cc1cccc(NC(=O)c2cnn(Cc3ccccc3)c2)c1C. The van der Waals surface area contributed by atoms with E-state index in [1.54, 1.807) is 17.1 Å². The Morgan fingerprint density at radius 2 is 1.87 bits per heavy atom. The first-order chi connectivity index (χ1) is 11.1. The summed E-state index contributed by atoms with van der Waals surface area (Å²) in [6.45, 7) is 4.68. The van der Waals surface area contributed by atoms with Gasteiger partial charge < -0.3 is 5.32 Å². The van der Waals surface area contributed by atoms with Gasteiger partial charge >= 0.3 is 0 Å². The van der Waals surface area contributed by atoms with Gasteiger partial charge in [0.05, 0.1) is 18.3 Å². The Labute approximate surface area is 135 Å². The summed E-state index contributed by atoms with van der Waals surface area (Å²) in [6, 6.07) is 15.9. The molecule has 0 saturated carbocycles. The van der Waals surface area contributed by atoms with Crippen LogP contribution in [0, 0.1) is 13.8 Å². The van der Waals surface area contributed by atoms with Gasteiger partial charge in [0.1, 0.15) is 0 Å². The molecule has 3 aromatic rings. The number of aromatic nitrogens is 2. The highest BCUT2D eigenvalue weighted by atomic mass is 16.1. The van der Waals surface area contributed by atoms with Crippen LogP contribution in [0.5, 0.6) is 0 Å². The molecule has 0 atom stereocenters. The van der Waals surface area contributed by atoms with E-state index in [1.165, 1.54) is 0 Å². The van der Waals surface area contributed by atoms with Crippen LogP contribution in [-0.4, -0.2) is 15.7 Å². The molecule has 0 saturated heterocycles. The van der Waals surface area contributed by atoms with Crippen molar-refractivity contribution in [2.45, 2.75) is 20.4 Å². The summed E-state index contributed by atoms with van der Waals surface area (Å²) in [5.41, 5.74) is 4.78. The predicted molar refractivity (Wildman–Crippen MR) is 91.6 cm³/mol. The molecule has 4 nitrogen and oxygen atoms in total. The average Bonchev–Trinajstić information content (AvgIpc) is 3.01. The molecule has 1 N–H and O–H groups in total. The molecule has 0 fully saturated rings. The monoisotopic (exact) mass is 305 g/mol. The molecular weight excluding hydrogens is 286 g/mol. The van der Waals surface area contributed by atoms with E-state index in [4.69, 9.17) is 0 Å². The largest absolute Gasteiger partial charge is 0.322 e. The van der Waals surface area contributed by atoms with Gasteiger partial charge in [-0.3, -0.25) is 9.48 Å². The molecule has 1 aromatic heterocycles. The van der Waals surface area contributed by atoms with Gasteiger partial charge in [0.15, 0.2) is 0 Å². The number of hydrogen-bond donors (Lipinski definition) is 1. The number of amides is 1. The third kappa shape index (κ3) is 3.48. The molecule has 0 radical (unpaired) electrons. The van der Waals surface area contributed by atoms with Crippen molar-refractivity contribution >= 4 is 11.6 Å². The highest BCUT2D eigenvalue weighted by Crippen LogP contribution is 2.18. The molecule has 3 rings (SSSR count). The maximum Gasteiger partial charge on any atom is 0.258 e. The molecule has 1 heterocycles. The van der Waals surface area contributed by atoms with Crippen molar-refractivity contribution in [2.75, 3.05) is 5.32 Å². The number of aryl methyl sites for hydroxylation is 1. The molecule has 0 aliphatic heterocycles. The zero-order valence-corrected chi connectivity index (χ0v) is 13.3. The normalized spacial score (nSPS) is 10.5. The Bertz CT molecular complexity index is 822. The summed E-state index contributed by atoms with van der Waals surface area (Å²) in [5.74, 6) is -0.141. The number of carbonyl (C=O) groups excluding carboxylic acids is 1. The lowest BCUT2D eigenvalue weighted by molar-refractivity contribution is 0.102. The molecule has 4 heteroatoms. The quantitative estimate of drug-likeness (QED) is 0.797. The Balaban J connectivity index is 1.72. The van der Waals surface area contributed by atoms with Crippen LogP contribution in [0.4, 0.5) is 5.69 Å². The molecule has 1 amide bonds. The number of benzene rings is 2. The zero-order chi connectivity index (χ0) is 16.2. The first kappa shape index (κ1) is 15.0. The molecule has 0 unspecified atom stereocenters. The molecular formula is C19H19N3O. The maximum atomic E-state index is 12.4. The van der Waals surface area contributed by atoms with Crippen LogP contribution in [0.25, 0.3) is 0 Å². The fraction of sp³-hybridized carbons (Fsp3) is 0.158. The van der Waals surface area contributed by atoms with E-state index in [-0.39, 0.29) is 5.91 Å². The molecule has 2 aromatic carbocycles. The number of hydrogen-bond acceptors (Lipinski definition) is 2. The van der Waals surface area contributed by atoms with E-state index in [0.717, 1.165) is 22.4 Å². The summed E-state index contributed by atoms with van der Waals surface area (Å²) >= 11 is 0. The summed E-state index contributed by atoms with van der Waals surface area (Å²) in [5, 5.41) is 7.22. The molecule has 116 valence electrons. The van der Waals surface area contributed by atoms with Crippen LogP contribution < -0.4 is 5.32 Å². The van der Waals surface area contributed by atoms with Gasteiger partial charge in [-0.15, -0.1) is 0 Å². The highest BCUT2D eigenvalue weighted by Gasteiger charge is 2.11. The smallest absolute Gasteiger partial charge is 0.258 e. The number of nitrogens with one attached hydrogen (secondary N) is 1. The number of anilines is 1. The number of nitrogens with zero attached hydrogens (tertiary/aromatic N) is 2. The standard InChI is InChI=1S/C19H19N3O/c1-14-7-6-10-18(15(14)2)21-19(23)17-11-20-22(13-17)12-16-8-4-3-5-9-16/h3-11,13H,12H2,1-2H3,(H,21,23). The second-order valence-corrected chi connectivity index (χ2v) is 5.61. The molecule has 0 aliphatic carbocycles. The minimum Gasteiger partial charge on any atom is -0.322 e. The molecule has 23 heavy (non-hydrogen) atoms. The Morgan fingerprint density at radius 1 is 1.09 bits per heavy atom. The van der Waals surface area contributed by atoms with Crippen molar-refractivity contribution in [1.29, 1.82) is 0 Å². The van der Waals surface area contributed by atoms with E-state index in [2.05, 4.69) is 10.4 Å². The van der Waals surface area contributed by atoms with Crippen molar-refractivity contribution in [2.24, 2.45) is 0 Å². The third-order valence-electron chi connectivity index (χ3n) is 3.94. The van der Waals surface area contributed by atoms with Gasteiger partial charge in [-0.05, 0) is 36.6 Å². The average molecular weight is 305 g/mol. The van der Waals surface area contributed by atoms with E-state index in [9.17, 15) is 4.79 Å². The lowest BCUT2D eigenvalue weighted by atomic mass is 10.1. The van der Waals surface area contributed by atoms with E-state index in [1.807, 2.05) is 62.4 Å². The van der Waals surface area contributed by atoms with Gasteiger partial charge in [-0.2, -0.15) is 5.10 Å². The van der Waals surface area contributed by atoms with Crippen molar-refractivity contribution in [3.8, 4) is 0 Å². The van der Waals surface area contributed by atoms with Crippen LogP contribution >= 0.6 is 0 Å². The summed E-state index contributed by atoms with van der Waals surface area (Å²) < 4.78 is 1.77. The van der Waals surface area contributed by atoms with Crippen molar-refractivity contribution in [3.05, 3.63) is 83.2 Å². The first-order valence-electron chi connectivity index (χ1n) is 7.57. The Hall–Kier alpha value is -2.88.